The molecule has 2 aliphatic heterocycles. The van der Waals surface area contributed by atoms with Crippen molar-refractivity contribution in [3.05, 3.63) is 61.3 Å². The van der Waals surface area contributed by atoms with Crippen molar-refractivity contribution in [3.63, 3.8) is 0 Å². The third kappa shape index (κ3) is 3.31. The number of allylic oxidation sites excluding steroid dienone is 1. The molecule has 0 unspecified atom stereocenters. The smallest absolute Gasteiger partial charge is 0.148 e. The normalized spacial score (nSPS) is 23.3. The zero-order valence-corrected chi connectivity index (χ0v) is 15.9. The predicted molar refractivity (Wildman–Crippen MR) is 108 cm³/mol. The fourth-order valence-corrected chi connectivity index (χ4v) is 4.54. The van der Waals surface area contributed by atoms with Crippen LogP contribution >= 0.6 is 0 Å². The van der Waals surface area contributed by atoms with Gasteiger partial charge < -0.3 is 15.0 Å². The highest BCUT2D eigenvalue weighted by molar-refractivity contribution is 5.70. The second kappa shape index (κ2) is 7.08. The first-order valence-electron chi connectivity index (χ1n) is 9.87. The van der Waals surface area contributed by atoms with Crippen molar-refractivity contribution in [2.75, 3.05) is 0 Å². The van der Waals surface area contributed by atoms with Crippen LogP contribution in [0.2, 0.25) is 0 Å². The summed E-state index contributed by atoms with van der Waals surface area (Å²) in [5.41, 5.74) is 2.71. The van der Waals surface area contributed by atoms with Gasteiger partial charge in [0.1, 0.15) is 11.6 Å². The first kappa shape index (κ1) is 18.0. The van der Waals surface area contributed by atoms with Crippen LogP contribution in [0.3, 0.4) is 0 Å². The van der Waals surface area contributed by atoms with Crippen LogP contribution in [-0.2, 0) is 0 Å². The third-order valence-electron chi connectivity index (χ3n) is 6.07. The molecule has 6 nitrogen and oxygen atoms in total. The number of benzene rings is 1. The molecule has 1 aromatic carbocycles. The number of hydrogen-bond donors (Lipinski definition) is 2. The SMILES string of the molecule is C=C(c1cnc(-c2cc(F)c(-n3ccnc3)cc2O)cn1)[C@@H]1C[C@H]2CC[C@@H](C1)N2. The van der Waals surface area contributed by atoms with E-state index < -0.39 is 5.82 Å². The molecule has 3 aromatic rings. The van der Waals surface area contributed by atoms with Crippen LogP contribution in [0, 0.1) is 11.7 Å². The van der Waals surface area contributed by atoms with Gasteiger partial charge in [-0.15, -0.1) is 0 Å². The van der Waals surface area contributed by atoms with Gasteiger partial charge in [0, 0.05) is 36.1 Å². The summed E-state index contributed by atoms with van der Waals surface area (Å²) in [5, 5.41) is 14.1. The molecule has 0 spiro atoms. The van der Waals surface area contributed by atoms with E-state index in [0.29, 0.717) is 29.3 Å². The monoisotopic (exact) mass is 391 g/mol. The first-order valence-corrected chi connectivity index (χ1v) is 9.87. The Morgan fingerprint density at radius 1 is 1.17 bits per heavy atom. The number of aromatic nitrogens is 4. The zero-order chi connectivity index (χ0) is 20.0. The molecule has 148 valence electrons. The Bertz CT molecular complexity index is 1040. The van der Waals surface area contributed by atoms with Gasteiger partial charge in [0.2, 0.25) is 0 Å². The molecule has 0 radical (unpaired) electrons. The number of halogens is 1. The van der Waals surface area contributed by atoms with Crippen molar-refractivity contribution in [2.24, 2.45) is 5.92 Å². The van der Waals surface area contributed by atoms with Crippen molar-refractivity contribution >= 4 is 5.57 Å². The maximum atomic E-state index is 14.6. The molecule has 2 aliphatic rings. The van der Waals surface area contributed by atoms with Crippen LogP contribution in [0.5, 0.6) is 5.75 Å². The second-order valence-corrected chi connectivity index (χ2v) is 7.91. The van der Waals surface area contributed by atoms with Crippen molar-refractivity contribution < 1.29 is 9.50 Å². The molecule has 0 aliphatic carbocycles. The maximum absolute atomic E-state index is 14.6. The van der Waals surface area contributed by atoms with Crippen molar-refractivity contribution in [1.82, 2.24) is 24.8 Å². The molecule has 0 saturated carbocycles. The lowest BCUT2D eigenvalue weighted by Crippen LogP contribution is -2.38. The molecule has 29 heavy (non-hydrogen) atoms. The van der Waals surface area contributed by atoms with Gasteiger partial charge in [0.05, 0.1) is 35.8 Å². The van der Waals surface area contributed by atoms with E-state index in [0.717, 1.165) is 24.1 Å². The van der Waals surface area contributed by atoms with E-state index in [4.69, 9.17) is 0 Å². The molecule has 2 fully saturated rings. The molecule has 4 heterocycles. The predicted octanol–water partition coefficient (Wildman–Crippen LogP) is 3.72. The average molecular weight is 391 g/mol. The molecule has 7 heteroatoms. The van der Waals surface area contributed by atoms with E-state index in [1.165, 1.54) is 35.9 Å². The van der Waals surface area contributed by atoms with Gasteiger partial charge in [-0.2, -0.15) is 0 Å². The van der Waals surface area contributed by atoms with E-state index in [2.05, 4.69) is 26.8 Å². The van der Waals surface area contributed by atoms with Gasteiger partial charge >= 0.3 is 0 Å². The fourth-order valence-electron chi connectivity index (χ4n) is 4.54. The highest BCUT2D eigenvalue weighted by Gasteiger charge is 2.35. The minimum atomic E-state index is -0.476. The summed E-state index contributed by atoms with van der Waals surface area (Å²) < 4.78 is 16.1. The average Bonchev–Trinajstić information content (AvgIpc) is 3.38. The Hall–Kier alpha value is -3.06. The molecule has 0 amide bonds. The van der Waals surface area contributed by atoms with Crippen LogP contribution in [0.4, 0.5) is 4.39 Å². The largest absolute Gasteiger partial charge is 0.507 e. The molecule has 2 saturated heterocycles. The molecule has 2 bridgehead atoms. The summed E-state index contributed by atoms with van der Waals surface area (Å²) in [6.45, 7) is 4.27. The number of piperidine rings is 1. The van der Waals surface area contributed by atoms with Gasteiger partial charge in [0.25, 0.3) is 0 Å². The number of nitrogens with one attached hydrogen (secondary N) is 1. The number of nitrogens with zero attached hydrogens (tertiary/aromatic N) is 4. The zero-order valence-electron chi connectivity index (χ0n) is 15.9. The standard InChI is InChI=1S/C22H22FN5O/c1-13(14-6-15-2-3-16(7-14)27-15)19-10-26-20(11-25-19)17-8-18(23)21(9-22(17)29)28-5-4-24-12-28/h4-5,8-12,14-16,27,29H,1-3,6-7H2/t14-,15-,16+. The number of imidazole rings is 1. The van der Waals surface area contributed by atoms with Crippen molar-refractivity contribution in [3.8, 4) is 22.7 Å². The Morgan fingerprint density at radius 3 is 2.62 bits per heavy atom. The quantitative estimate of drug-likeness (QED) is 0.709. The Balaban J connectivity index is 1.39. The Morgan fingerprint density at radius 2 is 1.97 bits per heavy atom. The van der Waals surface area contributed by atoms with Gasteiger partial charge in [-0.3, -0.25) is 9.97 Å². The van der Waals surface area contributed by atoms with Crippen LogP contribution < -0.4 is 5.32 Å². The van der Waals surface area contributed by atoms with Gasteiger partial charge in [-0.05, 0) is 43.2 Å². The highest BCUT2D eigenvalue weighted by atomic mass is 19.1. The van der Waals surface area contributed by atoms with Gasteiger partial charge in [-0.1, -0.05) is 6.58 Å². The van der Waals surface area contributed by atoms with E-state index in [-0.39, 0.29) is 11.4 Å². The van der Waals surface area contributed by atoms with Crippen LogP contribution in [0.25, 0.3) is 22.5 Å². The summed E-state index contributed by atoms with van der Waals surface area (Å²) in [6, 6.07) is 3.80. The Kier molecular flexibility index (Phi) is 4.39. The van der Waals surface area contributed by atoms with E-state index in [1.807, 2.05) is 0 Å². The summed E-state index contributed by atoms with van der Waals surface area (Å²) >= 11 is 0. The van der Waals surface area contributed by atoms with Crippen molar-refractivity contribution in [1.29, 1.82) is 0 Å². The van der Waals surface area contributed by atoms with E-state index >= 15 is 0 Å². The lowest BCUT2D eigenvalue weighted by molar-refractivity contribution is 0.351. The highest BCUT2D eigenvalue weighted by Crippen LogP contribution is 2.38. The number of phenols is 1. The lowest BCUT2D eigenvalue weighted by Gasteiger charge is -2.30. The maximum Gasteiger partial charge on any atom is 0.148 e. The number of aromatic hydroxyl groups is 1. The summed E-state index contributed by atoms with van der Waals surface area (Å²) in [6.07, 6.45) is 12.5. The Labute approximate surface area is 168 Å². The lowest BCUT2D eigenvalue weighted by atomic mass is 9.85. The fraction of sp³-hybridized carbons (Fsp3) is 0.318. The molecule has 3 atom stereocenters. The number of fused-ring (bicyclic) bond motifs is 2. The van der Waals surface area contributed by atoms with Crippen molar-refractivity contribution in [2.45, 2.75) is 37.8 Å². The number of hydrogen-bond acceptors (Lipinski definition) is 5. The van der Waals surface area contributed by atoms with Gasteiger partial charge in [0.15, 0.2) is 0 Å². The molecular formula is C22H22FN5O. The minimum absolute atomic E-state index is 0.0640. The molecule has 2 aromatic heterocycles. The topological polar surface area (TPSA) is 75.9 Å². The third-order valence-corrected chi connectivity index (χ3v) is 6.07. The number of rotatable bonds is 4. The molecular weight excluding hydrogens is 369 g/mol. The number of phenolic OH excluding ortho intramolecular Hbond substituents is 1. The second-order valence-electron chi connectivity index (χ2n) is 7.91. The summed E-state index contributed by atoms with van der Waals surface area (Å²) in [4.78, 5) is 12.8. The summed E-state index contributed by atoms with van der Waals surface area (Å²) in [7, 11) is 0. The van der Waals surface area contributed by atoms with Crippen LogP contribution in [0.1, 0.15) is 31.4 Å². The van der Waals surface area contributed by atoms with Crippen LogP contribution in [-0.4, -0.2) is 36.7 Å². The first-order chi connectivity index (χ1) is 14.1. The van der Waals surface area contributed by atoms with Crippen LogP contribution in [0.15, 0.2) is 49.8 Å². The molecule has 2 N–H and O–H groups in total. The summed E-state index contributed by atoms with van der Waals surface area (Å²) in [5.74, 6) is -0.128. The van der Waals surface area contributed by atoms with Gasteiger partial charge in [-0.25, -0.2) is 9.37 Å². The molecule has 5 rings (SSSR count). The minimum Gasteiger partial charge on any atom is -0.507 e. The van der Waals surface area contributed by atoms with E-state index in [1.54, 1.807) is 24.8 Å². The van der Waals surface area contributed by atoms with E-state index in [9.17, 15) is 9.50 Å².